The van der Waals surface area contributed by atoms with Crippen LogP contribution in [0.4, 0.5) is 0 Å². The predicted octanol–water partition coefficient (Wildman–Crippen LogP) is 6.71. The summed E-state index contributed by atoms with van der Waals surface area (Å²) in [5.74, 6) is -1.81. The van der Waals surface area contributed by atoms with Gasteiger partial charge in [0, 0.05) is 21.7 Å². The Labute approximate surface area is 271 Å². The summed E-state index contributed by atoms with van der Waals surface area (Å²) < 4.78 is 3.40. The van der Waals surface area contributed by atoms with Crippen molar-refractivity contribution in [3.63, 3.8) is 0 Å². The van der Waals surface area contributed by atoms with Crippen molar-refractivity contribution in [3.8, 4) is 5.75 Å². The zero-order valence-corrected chi connectivity index (χ0v) is 26.8. The Bertz CT molecular complexity index is 1420. The number of nitrogens with one attached hydrogen (secondary N) is 3. The maximum absolute atomic E-state index is 13.3. The molecule has 2 amide bonds. The molecule has 2 aliphatic rings. The van der Waals surface area contributed by atoms with Crippen molar-refractivity contribution in [1.82, 2.24) is 15.5 Å². The van der Waals surface area contributed by atoms with Gasteiger partial charge < -0.3 is 15.5 Å². The molecule has 2 atom stereocenters. The number of carbonyl (C=O) groups excluding carboxylic acids is 2. The van der Waals surface area contributed by atoms with E-state index in [1.54, 1.807) is 30.1 Å². The summed E-state index contributed by atoms with van der Waals surface area (Å²) in [7, 11) is 0. The zero-order valence-electron chi connectivity index (χ0n) is 24.5. The van der Waals surface area contributed by atoms with Gasteiger partial charge in [-0.3, -0.25) is 23.9 Å². The van der Waals surface area contributed by atoms with Gasteiger partial charge in [0.1, 0.15) is 5.75 Å². The van der Waals surface area contributed by atoms with Crippen molar-refractivity contribution >= 4 is 53.4 Å². The number of amides is 2. The van der Waals surface area contributed by atoms with Crippen molar-refractivity contribution in [2.75, 3.05) is 6.26 Å². The second-order valence-electron chi connectivity index (χ2n) is 10.4. The van der Waals surface area contributed by atoms with Crippen LogP contribution in [-0.4, -0.2) is 40.8 Å². The van der Waals surface area contributed by atoms with Crippen LogP contribution in [0, 0.1) is 6.92 Å². The van der Waals surface area contributed by atoms with E-state index >= 15 is 0 Å². The molecule has 0 unspecified atom stereocenters. The lowest BCUT2D eigenvalue weighted by atomic mass is 9.80. The summed E-state index contributed by atoms with van der Waals surface area (Å²) in [6, 6.07) is 16.9. The van der Waals surface area contributed by atoms with Crippen LogP contribution in [0.1, 0.15) is 76.7 Å². The minimum atomic E-state index is -0.897. The molecule has 3 aromatic carbocycles. The van der Waals surface area contributed by atoms with Gasteiger partial charge in [0.15, 0.2) is 0 Å². The maximum Gasteiger partial charge on any atom is 0.290 e. The normalized spacial score (nSPS) is 17.5. The highest BCUT2D eigenvalue weighted by molar-refractivity contribution is 7.96. The molecule has 5 N–H and O–H groups in total. The number of phenolic OH excluding ortho intramolecular Hbond substituents is 1. The van der Waals surface area contributed by atoms with Gasteiger partial charge >= 0.3 is 0 Å². The van der Waals surface area contributed by atoms with Gasteiger partial charge in [-0.2, -0.15) is 0 Å². The molecule has 0 bridgehead atoms. The minimum absolute atomic E-state index is 0.0575. The van der Waals surface area contributed by atoms with Gasteiger partial charge in [0.2, 0.25) is 0 Å². The molecular formula is C32H37Cl2N3O6S. The topological polar surface area (TPSA) is 137 Å². The third kappa shape index (κ3) is 10.1. The van der Waals surface area contributed by atoms with Crippen LogP contribution in [0.3, 0.4) is 0 Å². The SMILES string of the molecule is CSNC1CCCCC1.Cc1cccc(CONC(=O)[C@@H]2c3cc(O)ccc3C(=O)N[C@H]2c2ccc(Cl)cc2Cl)c1.O=CO. The van der Waals surface area contributed by atoms with E-state index in [9.17, 15) is 14.7 Å². The van der Waals surface area contributed by atoms with E-state index in [1.165, 1.54) is 50.3 Å². The lowest BCUT2D eigenvalue weighted by Crippen LogP contribution is -2.44. The summed E-state index contributed by atoms with van der Waals surface area (Å²) in [4.78, 5) is 39.8. The Kier molecular flexibility index (Phi) is 14.3. The number of hydrogen-bond donors (Lipinski definition) is 5. The molecule has 12 heteroatoms. The number of hydroxylamine groups is 1. The highest BCUT2D eigenvalue weighted by Gasteiger charge is 2.40. The molecule has 5 rings (SSSR count). The van der Waals surface area contributed by atoms with E-state index in [-0.39, 0.29) is 24.7 Å². The van der Waals surface area contributed by atoms with E-state index < -0.39 is 17.9 Å². The van der Waals surface area contributed by atoms with Crippen molar-refractivity contribution in [1.29, 1.82) is 0 Å². The zero-order chi connectivity index (χ0) is 32.1. The highest BCUT2D eigenvalue weighted by Crippen LogP contribution is 2.41. The number of carbonyl (C=O) groups is 3. The van der Waals surface area contributed by atoms with Crippen LogP contribution >= 0.6 is 35.1 Å². The number of halogens is 2. The second-order valence-corrected chi connectivity index (χ2v) is 11.9. The van der Waals surface area contributed by atoms with Crippen molar-refractivity contribution < 1.29 is 29.4 Å². The molecule has 44 heavy (non-hydrogen) atoms. The first-order chi connectivity index (χ1) is 21.2. The van der Waals surface area contributed by atoms with Gasteiger partial charge in [-0.25, -0.2) is 5.48 Å². The van der Waals surface area contributed by atoms with Crippen LogP contribution in [0.5, 0.6) is 5.75 Å². The Balaban J connectivity index is 0.000000371. The van der Waals surface area contributed by atoms with Crippen molar-refractivity contribution in [3.05, 3.63) is 98.5 Å². The number of rotatable bonds is 7. The fourth-order valence-electron chi connectivity index (χ4n) is 5.24. The first kappa shape index (κ1) is 35.2. The molecule has 9 nitrogen and oxygen atoms in total. The predicted molar refractivity (Wildman–Crippen MR) is 174 cm³/mol. The molecule has 0 aromatic heterocycles. The lowest BCUT2D eigenvalue weighted by molar-refractivity contribution is -0.137. The average molecular weight is 663 g/mol. The number of hydrogen-bond acceptors (Lipinski definition) is 7. The van der Waals surface area contributed by atoms with Gasteiger partial charge in [-0.1, -0.05) is 90.3 Å². The Morgan fingerprint density at radius 3 is 2.45 bits per heavy atom. The second kappa shape index (κ2) is 17.9. The van der Waals surface area contributed by atoms with Crippen LogP contribution in [-0.2, 0) is 21.0 Å². The van der Waals surface area contributed by atoms with Gasteiger partial charge in [0.05, 0.1) is 18.6 Å². The number of phenols is 1. The largest absolute Gasteiger partial charge is 0.508 e. The van der Waals surface area contributed by atoms with Crippen molar-refractivity contribution in [2.24, 2.45) is 0 Å². The number of aromatic hydroxyl groups is 1. The monoisotopic (exact) mass is 661 g/mol. The summed E-state index contributed by atoms with van der Waals surface area (Å²) in [5.41, 5.74) is 5.66. The standard InChI is InChI=1S/C24H20Cl2N2O4.C7H15NS.CH2O2/c1-13-3-2-4-14(9-13)12-32-28-24(31)21-19-11-16(29)6-8-17(19)23(30)27-22(21)18-7-5-15(25)10-20(18)26;1-9-8-7-5-3-2-4-6-7;2-1-3/h2-11,21-22,29H,12H2,1H3,(H,27,30)(H,28,31);7-8H,2-6H2,1H3;1H,(H,2,3)/t21-,22+;;/m1../s1. The van der Waals surface area contributed by atoms with E-state index in [0.717, 1.165) is 17.2 Å². The number of aryl methyl sites for hydroxylation is 1. The molecule has 1 heterocycles. The number of fused-ring (bicyclic) bond motifs is 1. The molecule has 0 saturated heterocycles. The average Bonchev–Trinajstić information content (AvgIpc) is 2.98. The molecule has 1 fully saturated rings. The summed E-state index contributed by atoms with van der Waals surface area (Å²) in [5, 5.41) is 20.5. The van der Waals surface area contributed by atoms with Crippen LogP contribution in [0.15, 0.2) is 60.7 Å². The Morgan fingerprint density at radius 1 is 1.07 bits per heavy atom. The third-order valence-electron chi connectivity index (χ3n) is 7.20. The first-order valence-corrected chi connectivity index (χ1v) is 16.1. The molecule has 1 aliphatic heterocycles. The number of benzene rings is 3. The molecular weight excluding hydrogens is 625 g/mol. The fraction of sp³-hybridized carbons (Fsp3) is 0.344. The molecule has 0 spiro atoms. The molecule has 0 radical (unpaired) electrons. The van der Waals surface area contributed by atoms with Crippen LogP contribution in [0.25, 0.3) is 0 Å². The summed E-state index contributed by atoms with van der Waals surface area (Å²) in [6.07, 6.45) is 9.19. The van der Waals surface area contributed by atoms with E-state index in [4.69, 9.17) is 37.9 Å². The third-order valence-corrected chi connectivity index (χ3v) is 8.33. The summed E-state index contributed by atoms with van der Waals surface area (Å²) >= 11 is 14.2. The highest BCUT2D eigenvalue weighted by atomic mass is 35.5. The van der Waals surface area contributed by atoms with Crippen LogP contribution < -0.4 is 15.5 Å². The Hall–Kier alpha value is -3.28. The molecule has 1 saturated carbocycles. The molecule has 3 aromatic rings. The first-order valence-electron chi connectivity index (χ1n) is 14.1. The van der Waals surface area contributed by atoms with E-state index in [2.05, 4.69) is 21.8 Å². The maximum atomic E-state index is 13.3. The van der Waals surface area contributed by atoms with E-state index in [0.29, 0.717) is 26.7 Å². The molecule has 236 valence electrons. The Morgan fingerprint density at radius 2 is 1.80 bits per heavy atom. The lowest BCUT2D eigenvalue weighted by Gasteiger charge is -2.34. The summed E-state index contributed by atoms with van der Waals surface area (Å²) in [6.45, 7) is 1.89. The smallest absolute Gasteiger partial charge is 0.290 e. The van der Waals surface area contributed by atoms with Gasteiger partial charge in [-0.05, 0) is 73.0 Å². The van der Waals surface area contributed by atoms with Gasteiger partial charge in [0.25, 0.3) is 18.3 Å². The fourth-order valence-corrected chi connectivity index (χ4v) is 6.34. The van der Waals surface area contributed by atoms with Crippen molar-refractivity contribution in [2.45, 2.75) is 63.6 Å². The number of carboxylic acid groups (broad SMARTS) is 1. The van der Waals surface area contributed by atoms with Gasteiger partial charge in [-0.15, -0.1) is 0 Å². The minimum Gasteiger partial charge on any atom is -0.508 e. The van der Waals surface area contributed by atoms with E-state index in [1.807, 2.05) is 31.2 Å². The molecule has 1 aliphatic carbocycles. The quantitative estimate of drug-likeness (QED) is 0.107. The van der Waals surface area contributed by atoms with Crippen LogP contribution in [0.2, 0.25) is 10.0 Å².